The highest BCUT2D eigenvalue weighted by atomic mass is 16.5. The lowest BCUT2D eigenvalue weighted by atomic mass is 10.1. The maximum Gasteiger partial charge on any atom is 0.260 e. The Labute approximate surface area is 156 Å². The van der Waals surface area contributed by atoms with E-state index in [9.17, 15) is 4.79 Å². The van der Waals surface area contributed by atoms with E-state index < -0.39 is 6.10 Å². The van der Waals surface area contributed by atoms with Crippen molar-refractivity contribution >= 4 is 5.91 Å². The van der Waals surface area contributed by atoms with Gasteiger partial charge in [0.2, 0.25) is 0 Å². The Bertz CT molecular complexity index is 755. The molecule has 0 fully saturated rings. The van der Waals surface area contributed by atoms with Crippen LogP contribution in [0.1, 0.15) is 35.6 Å². The van der Waals surface area contributed by atoms with Gasteiger partial charge < -0.3 is 14.8 Å². The average molecular weight is 355 g/mol. The molecule has 4 heteroatoms. The molecule has 26 heavy (non-hydrogen) atoms. The molecule has 0 bridgehead atoms. The molecule has 1 atom stereocenters. The quantitative estimate of drug-likeness (QED) is 0.724. The fourth-order valence-electron chi connectivity index (χ4n) is 2.91. The van der Waals surface area contributed by atoms with Crippen molar-refractivity contribution in [2.24, 2.45) is 0 Å². The predicted octanol–water partition coefficient (Wildman–Crippen LogP) is 4.14. The minimum atomic E-state index is -0.527. The van der Waals surface area contributed by atoms with E-state index in [4.69, 9.17) is 9.47 Å². The van der Waals surface area contributed by atoms with Gasteiger partial charge in [-0.1, -0.05) is 24.3 Å². The van der Waals surface area contributed by atoms with Crippen molar-refractivity contribution in [2.75, 3.05) is 13.7 Å². The van der Waals surface area contributed by atoms with Crippen LogP contribution in [0.25, 0.3) is 0 Å². The average Bonchev–Trinajstić information content (AvgIpc) is 2.62. The molecule has 2 aromatic rings. The molecule has 0 aromatic heterocycles. The van der Waals surface area contributed by atoms with Crippen LogP contribution >= 0.6 is 0 Å². The van der Waals surface area contributed by atoms with Crippen molar-refractivity contribution < 1.29 is 14.3 Å². The first-order valence-electron chi connectivity index (χ1n) is 9.06. The van der Waals surface area contributed by atoms with Gasteiger partial charge in [-0.3, -0.25) is 4.79 Å². The fraction of sp³-hybridized carbons (Fsp3) is 0.409. The molecule has 1 N–H and O–H groups in total. The molecule has 0 unspecified atom stereocenters. The van der Waals surface area contributed by atoms with Gasteiger partial charge in [0.25, 0.3) is 5.91 Å². The Morgan fingerprint density at radius 2 is 1.85 bits per heavy atom. The summed E-state index contributed by atoms with van der Waals surface area (Å²) in [6.45, 7) is 8.49. The van der Waals surface area contributed by atoms with Crippen molar-refractivity contribution in [3.05, 3.63) is 58.7 Å². The number of rotatable bonds is 8. The largest absolute Gasteiger partial charge is 0.496 e. The third kappa shape index (κ3) is 5.25. The van der Waals surface area contributed by atoms with Gasteiger partial charge in [-0.25, -0.2) is 0 Å². The van der Waals surface area contributed by atoms with Crippen molar-refractivity contribution in [1.29, 1.82) is 0 Å². The van der Waals surface area contributed by atoms with Crippen LogP contribution in [0, 0.1) is 20.8 Å². The number of aryl methyl sites for hydroxylation is 3. The van der Waals surface area contributed by atoms with Crippen molar-refractivity contribution in [3.63, 3.8) is 0 Å². The van der Waals surface area contributed by atoms with Crippen molar-refractivity contribution in [3.8, 4) is 11.5 Å². The fourth-order valence-corrected chi connectivity index (χ4v) is 2.91. The predicted molar refractivity (Wildman–Crippen MR) is 105 cm³/mol. The Morgan fingerprint density at radius 3 is 2.58 bits per heavy atom. The maximum absolute atomic E-state index is 12.3. The first-order chi connectivity index (χ1) is 12.4. The second-order valence-corrected chi connectivity index (χ2v) is 6.67. The molecule has 0 radical (unpaired) electrons. The minimum Gasteiger partial charge on any atom is -0.496 e. The number of hydrogen-bond donors (Lipinski definition) is 1. The standard InChI is InChI=1S/C22H29NO3/c1-15-13-16(2)17(3)21(14-15)26-18(4)22(24)23-12-8-10-19-9-6-7-11-20(19)25-5/h6-7,9,11,13-14,18H,8,10,12H2,1-5H3,(H,23,24)/t18-/m0/s1. The summed E-state index contributed by atoms with van der Waals surface area (Å²) < 4.78 is 11.2. The normalized spacial score (nSPS) is 11.7. The van der Waals surface area contributed by atoms with Crippen LogP contribution in [0.2, 0.25) is 0 Å². The summed E-state index contributed by atoms with van der Waals surface area (Å²) in [5.74, 6) is 1.57. The smallest absolute Gasteiger partial charge is 0.260 e. The second kappa shape index (κ2) is 9.27. The van der Waals surface area contributed by atoms with Crippen LogP contribution in [0.5, 0.6) is 11.5 Å². The van der Waals surface area contributed by atoms with Crippen LogP contribution in [0.4, 0.5) is 0 Å². The lowest BCUT2D eigenvalue weighted by Gasteiger charge is -2.18. The monoisotopic (exact) mass is 355 g/mol. The first kappa shape index (κ1) is 19.8. The number of hydrogen-bond acceptors (Lipinski definition) is 3. The van der Waals surface area contributed by atoms with Crippen LogP contribution in [0.3, 0.4) is 0 Å². The number of carbonyl (C=O) groups is 1. The summed E-state index contributed by atoms with van der Waals surface area (Å²) >= 11 is 0. The zero-order valence-electron chi connectivity index (χ0n) is 16.4. The SMILES string of the molecule is COc1ccccc1CCCNC(=O)[C@H](C)Oc1cc(C)cc(C)c1C. The van der Waals surface area contributed by atoms with E-state index in [0.717, 1.165) is 41.0 Å². The number of benzene rings is 2. The number of carbonyl (C=O) groups excluding carboxylic acids is 1. The highest BCUT2D eigenvalue weighted by Gasteiger charge is 2.16. The number of nitrogens with one attached hydrogen (secondary N) is 1. The summed E-state index contributed by atoms with van der Waals surface area (Å²) in [4.78, 5) is 12.3. The van der Waals surface area contributed by atoms with Gasteiger partial charge >= 0.3 is 0 Å². The molecule has 1 amide bonds. The molecule has 2 rings (SSSR count). The number of amides is 1. The molecule has 0 aliphatic carbocycles. The number of ether oxygens (including phenoxy) is 2. The highest BCUT2D eigenvalue weighted by Crippen LogP contribution is 2.24. The summed E-state index contributed by atoms with van der Waals surface area (Å²) in [6.07, 6.45) is 1.18. The van der Waals surface area contributed by atoms with Gasteiger partial charge in [0.05, 0.1) is 7.11 Å². The van der Waals surface area contributed by atoms with Crippen LogP contribution in [-0.2, 0) is 11.2 Å². The van der Waals surface area contributed by atoms with Gasteiger partial charge in [0.15, 0.2) is 6.10 Å². The Kier molecular flexibility index (Phi) is 7.07. The summed E-state index contributed by atoms with van der Waals surface area (Å²) in [6, 6.07) is 12.1. The third-order valence-corrected chi connectivity index (χ3v) is 4.55. The molecular formula is C22H29NO3. The molecule has 0 aliphatic heterocycles. The van der Waals surface area contributed by atoms with Crippen molar-refractivity contribution in [2.45, 2.75) is 46.6 Å². The molecule has 0 aliphatic rings. The van der Waals surface area contributed by atoms with E-state index in [1.165, 1.54) is 5.56 Å². The van der Waals surface area contributed by atoms with Gasteiger partial charge in [-0.05, 0) is 74.9 Å². The molecule has 2 aromatic carbocycles. The molecule has 140 valence electrons. The Balaban J connectivity index is 1.82. The van der Waals surface area contributed by atoms with Crippen LogP contribution < -0.4 is 14.8 Å². The van der Waals surface area contributed by atoms with E-state index >= 15 is 0 Å². The molecule has 0 heterocycles. The molecule has 0 saturated carbocycles. The number of methoxy groups -OCH3 is 1. The van der Waals surface area contributed by atoms with Gasteiger partial charge in [0.1, 0.15) is 11.5 Å². The van der Waals surface area contributed by atoms with Gasteiger partial charge in [-0.2, -0.15) is 0 Å². The van der Waals surface area contributed by atoms with Crippen LogP contribution in [0.15, 0.2) is 36.4 Å². The molecule has 0 saturated heterocycles. The third-order valence-electron chi connectivity index (χ3n) is 4.55. The van der Waals surface area contributed by atoms with Crippen LogP contribution in [-0.4, -0.2) is 25.7 Å². The lowest BCUT2D eigenvalue weighted by molar-refractivity contribution is -0.127. The van der Waals surface area contributed by atoms with E-state index in [0.29, 0.717) is 6.54 Å². The maximum atomic E-state index is 12.3. The van der Waals surface area contributed by atoms with E-state index in [-0.39, 0.29) is 5.91 Å². The highest BCUT2D eigenvalue weighted by molar-refractivity contribution is 5.80. The van der Waals surface area contributed by atoms with Gasteiger partial charge in [0, 0.05) is 6.54 Å². The minimum absolute atomic E-state index is 0.0939. The zero-order chi connectivity index (χ0) is 19.1. The summed E-state index contributed by atoms with van der Waals surface area (Å²) in [7, 11) is 1.68. The second-order valence-electron chi connectivity index (χ2n) is 6.67. The van der Waals surface area contributed by atoms with Crippen molar-refractivity contribution in [1.82, 2.24) is 5.32 Å². The number of para-hydroxylation sites is 1. The lowest BCUT2D eigenvalue weighted by Crippen LogP contribution is -2.37. The Hall–Kier alpha value is -2.49. The van der Waals surface area contributed by atoms with Gasteiger partial charge in [-0.15, -0.1) is 0 Å². The van der Waals surface area contributed by atoms with E-state index in [1.807, 2.05) is 38.1 Å². The van der Waals surface area contributed by atoms with E-state index in [2.05, 4.69) is 24.4 Å². The molecule has 0 spiro atoms. The summed E-state index contributed by atoms with van der Waals surface area (Å²) in [5.41, 5.74) is 4.53. The topological polar surface area (TPSA) is 47.6 Å². The summed E-state index contributed by atoms with van der Waals surface area (Å²) in [5, 5.41) is 2.95. The zero-order valence-corrected chi connectivity index (χ0v) is 16.4. The van der Waals surface area contributed by atoms with E-state index in [1.54, 1.807) is 14.0 Å². The molecule has 4 nitrogen and oxygen atoms in total. The Morgan fingerprint density at radius 1 is 1.12 bits per heavy atom. The first-order valence-corrected chi connectivity index (χ1v) is 9.06. The molecular weight excluding hydrogens is 326 g/mol.